The van der Waals surface area contributed by atoms with Gasteiger partial charge in [-0.05, 0) is 24.3 Å². The molecule has 100 valence electrons. The summed E-state index contributed by atoms with van der Waals surface area (Å²) in [6.45, 7) is 0. The van der Waals surface area contributed by atoms with Gasteiger partial charge in [-0.1, -0.05) is 11.6 Å². The lowest BCUT2D eigenvalue weighted by molar-refractivity contribution is 0.0694. The number of pyridine rings is 1. The molecule has 20 heavy (non-hydrogen) atoms. The van der Waals surface area contributed by atoms with Crippen molar-refractivity contribution in [2.75, 3.05) is 0 Å². The Bertz CT molecular complexity index is 798. The number of fused-ring (bicyclic) bond motifs is 1. The zero-order chi connectivity index (χ0) is 14.1. The van der Waals surface area contributed by atoms with Crippen LogP contribution in [0.15, 0.2) is 42.7 Å². The van der Waals surface area contributed by atoms with E-state index >= 15 is 0 Å². The van der Waals surface area contributed by atoms with Gasteiger partial charge in [-0.15, -0.1) is 0 Å². The zero-order valence-corrected chi connectivity index (χ0v) is 10.9. The Hall–Kier alpha value is -2.53. The highest BCUT2D eigenvalue weighted by Gasteiger charge is 2.13. The smallest absolute Gasteiger partial charge is 0.339 e. The SMILES string of the molecule is O=C(O)c1ccc(Cl)cc1Oc1cnc2[nH]ccc2c1. The number of hydrogen-bond donors (Lipinski definition) is 2. The number of rotatable bonds is 3. The van der Waals surface area contributed by atoms with Crippen LogP contribution in [0.2, 0.25) is 5.02 Å². The monoisotopic (exact) mass is 288 g/mol. The second-order valence-corrected chi connectivity index (χ2v) is 4.57. The fraction of sp³-hybridized carbons (Fsp3) is 0. The van der Waals surface area contributed by atoms with Crippen LogP contribution in [-0.4, -0.2) is 21.0 Å². The molecule has 2 heterocycles. The van der Waals surface area contributed by atoms with Crippen LogP contribution in [0, 0.1) is 0 Å². The molecule has 0 saturated carbocycles. The van der Waals surface area contributed by atoms with E-state index in [0.717, 1.165) is 11.0 Å². The Labute approximate surface area is 118 Å². The molecule has 0 amide bonds. The van der Waals surface area contributed by atoms with Crippen LogP contribution in [0.4, 0.5) is 0 Å². The molecule has 0 aliphatic heterocycles. The molecule has 0 bridgehead atoms. The van der Waals surface area contributed by atoms with E-state index in [1.807, 2.05) is 6.07 Å². The van der Waals surface area contributed by atoms with Crippen molar-refractivity contribution >= 4 is 28.6 Å². The average Bonchev–Trinajstić information content (AvgIpc) is 2.85. The number of halogens is 1. The normalized spacial score (nSPS) is 10.7. The van der Waals surface area contributed by atoms with Gasteiger partial charge in [-0.25, -0.2) is 9.78 Å². The molecule has 5 nitrogen and oxygen atoms in total. The molecule has 0 aliphatic rings. The molecule has 0 radical (unpaired) electrons. The number of ether oxygens (including phenoxy) is 1. The fourth-order valence-corrected chi connectivity index (χ4v) is 2.02. The summed E-state index contributed by atoms with van der Waals surface area (Å²) >= 11 is 5.87. The Morgan fingerprint density at radius 3 is 2.95 bits per heavy atom. The Morgan fingerprint density at radius 1 is 1.30 bits per heavy atom. The van der Waals surface area contributed by atoms with Crippen LogP contribution in [0.1, 0.15) is 10.4 Å². The highest BCUT2D eigenvalue weighted by Crippen LogP contribution is 2.29. The van der Waals surface area contributed by atoms with Crippen molar-refractivity contribution in [3.63, 3.8) is 0 Å². The number of nitrogens with one attached hydrogen (secondary N) is 1. The van der Waals surface area contributed by atoms with Gasteiger partial charge in [0.1, 0.15) is 22.7 Å². The second kappa shape index (κ2) is 4.86. The molecule has 0 fully saturated rings. The van der Waals surface area contributed by atoms with E-state index in [1.165, 1.54) is 24.4 Å². The van der Waals surface area contributed by atoms with Gasteiger partial charge in [0.05, 0.1) is 6.20 Å². The number of aromatic amines is 1. The van der Waals surface area contributed by atoms with E-state index in [4.69, 9.17) is 21.4 Å². The molecule has 3 rings (SSSR count). The summed E-state index contributed by atoms with van der Waals surface area (Å²) in [6.07, 6.45) is 3.29. The third-order valence-corrected chi connectivity index (χ3v) is 3.01. The minimum Gasteiger partial charge on any atom is -0.478 e. The minimum atomic E-state index is -1.08. The van der Waals surface area contributed by atoms with Crippen molar-refractivity contribution in [2.24, 2.45) is 0 Å². The van der Waals surface area contributed by atoms with Crippen LogP contribution < -0.4 is 4.74 Å². The molecule has 0 saturated heterocycles. The topological polar surface area (TPSA) is 75.2 Å². The molecule has 0 unspecified atom stereocenters. The molecule has 3 aromatic rings. The van der Waals surface area contributed by atoms with Crippen molar-refractivity contribution in [2.45, 2.75) is 0 Å². The first kappa shape index (κ1) is 12.5. The van der Waals surface area contributed by atoms with Crippen LogP contribution in [0.5, 0.6) is 11.5 Å². The predicted octanol–water partition coefficient (Wildman–Crippen LogP) is 3.71. The molecule has 0 atom stereocenters. The van der Waals surface area contributed by atoms with Gasteiger partial charge >= 0.3 is 5.97 Å². The number of carbonyl (C=O) groups is 1. The number of benzene rings is 1. The number of carboxylic acid groups (broad SMARTS) is 1. The first-order valence-corrected chi connectivity index (χ1v) is 6.15. The van der Waals surface area contributed by atoms with Crippen LogP contribution in [0.25, 0.3) is 11.0 Å². The van der Waals surface area contributed by atoms with Crippen molar-refractivity contribution < 1.29 is 14.6 Å². The number of carboxylic acids is 1. The highest BCUT2D eigenvalue weighted by molar-refractivity contribution is 6.30. The lowest BCUT2D eigenvalue weighted by Gasteiger charge is -2.08. The average molecular weight is 289 g/mol. The van der Waals surface area contributed by atoms with Gasteiger partial charge in [-0.2, -0.15) is 0 Å². The van der Waals surface area contributed by atoms with Gasteiger partial charge in [0.15, 0.2) is 0 Å². The molecular weight excluding hydrogens is 280 g/mol. The predicted molar refractivity (Wildman–Crippen MR) is 74.6 cm³/mol. The molecule has 2 N–H and O–H groups in total. The van der Waals surface area contributed by atoms with Gasteiger partial charge in [0.25, 0.3) is 0 Å². The standard InChI is InChI=1S/C14H9ClN2O3/c15-9-1-2-11(14(18)19)12(6-9)20-10-5-8-3-4-16-13(8)17-7-10/h1-7H,(H,16,17)(H,18,19). The summed E-state index contributed by atoms with van der Waals surface area (Å²) in [5, 5.41) is 10.4. The van der Waals surface area contributed by atoms with Crippen LogP contribution in [-0.2, 0) is 0 Å². The fourth-order valence-electron chi connectivity index (χ4n) is 1.86. The third-order valence-electron chi connectivity index (χ3n) is 2.78. The van der Waals surface area contributed by atoms with Gasteiger partial charge < -0.3 is 14.8 Å². The van der Waals surface area contributed by atoms with E-state index in [1.54, 1.807) is 12.3 Å². The first-order valence-electron chi connectivity index (χ1n) is 5.77. The summed E-state index contributed by atoms with van der Waals surface area (Å²) in [5.74, 6) is -0.448. The lowest BCUT2D eigenvalue weighted by Crippen LogP contribution is -2.00. The molecule has 0 spiro atoms. The lowest BCUT2D eigenvalue weighted by atomic mass is 10.2. The molecular formula is C14H9ClN2O3. The zero-order valence-electron chi connectivity index (χ0n) is 10.1. The van der Waals surface area contributed by atoms with E-state index < -0.39 is 5.97 Å². The number of aromatic nitrogens is 2. The third kappa shape index (κ3) is 2.31. The summed E-state index contributed by atoms with van der Waals surface area (Å²) in [4.78, 5) is 18.3. The van der Waals surface area contributed by atoms with Gasteiger partial charge in [0, 0.05) is 22.7 Å². The van der Waals surface area contributed by atoms with Gasteiger partial charge in [-0.3, -0.25) is 0 Å². The second-order valence-electron chi connectivity index (χ2n) is 4.13. The summed E-state index contributed by atoms with van der Waals surface area (Å²) in [5.41, 5.74) is 0.783. The maximum atomic E-state index is 11.2. The molecule has 0 aliphatic carbocycles. The number of hydrogen-bond acceptors (Lipinski definition) is 3. The van der Waals surface area contributed by atoms with Crippen LogP contribution in [0.3, 0.4) is 0 Å². The van der Waals surface area contributed by atoms with E-state index in [0.29, 0.717) is 10.8 Å². The quantitative estimate of drug-likeness (QED) is 0.770. The number of nitrogens with zero attached hydrogens (tertiary/aromatic N) is 1. The van der Waals surface area contributed by atoms with Crippen molar-refractivity contribution in [1.82, 2.24) is 9.97 Å². The van der Waals surface area contributed by atoms with Crippen molar-refractivity contribution in [1.29, 1.82) is 0 Å². The molecule has 6 heteroatoms. The summed E-state index contributed by atoms with van der Waals surface area (Å²) < 4.78 is 5.59. The molecule has 1 aromatic carbocycles. The largest absolute Gasteiger partial charge is 0.478 e. The Morgan fingerprint density at radius 2 is 2.15 bits per heavy atom. The van der Waals surface area contributed by atoms with Gasteiger partial charge in [0.2, 0.25) is 0 Å². The Kier molecular flexibility index (Phi) is 3.04. The van der Waals surface area contributed by atoms with Crippen molar-refractivity contribution in [3.8, 4) is 11.5 Å². The number of aromatic carboxylic acids is 1. The van der Waals surface area contributed by atoms with E-state index in [9.17, 15) is 4.79 Å². The summed E-state index contributed by atoms with van der Waals surface area (Å²) in [7, 11) is 0. The maximum Gasteiger partial charge on any atom is 0.339 e. The Balaban J connectivity index is 2.01. The van der Waals surface area contributed by atoms with E-state index in [2.05, 4.69) is 9.97 Å². The van der Waals surface area contributed by atoms with E-state index in [-0.39, 0.29) is 11.3 Å². The number of H-pyrrole nitrogens is 1. The minimum absolute atomic E-state index is 0.0450. The molecule has 2 aromatic heterocycles. The maximum absolute atomic E-state index is 11.2. The highest BCUT2D eigenvalue weighted by atomic mass is 35.5. The summed E-state index contributed by atoms with van der Waals surface area (Å²) in [6, 6.07) is 8.00. The van der Waals surface area contributed by atoms with Crippen LogP contribution >= 0.6 is 11.6 Å². The van der Waals surface area contributed by atoms with Crippen molar-refractivity contribution in [3.05, 3.63) is 53.3 Å². The first-order chi connectivity index (χ1) is 9.63.